The maximum absolute atomic E-state index is 13.7. The lowest BCUT2D eigenvalue weighted by atomic mass is 9.95. The molecule has 1 N–H and O–H groups in total. The van der Waals surface area contributed by atoms with Crippen LogP contribution in [0.1, 0.15) is 33.9 Å². The van der Waals surface area contributed by atoms with Gasteiger partial charge in [-0.1, -0.05) is 77.2 Å². The number of methoxy groups -OCH3 is 2. The quantitative estimate of drug-likeness (QED) is 0.0482. The van der Waals surface area contributed by atoms with Crippen LogP contribution in [-0.4, -0.2) is 41.2 Å². The topological polar surface area (TPSA) is 111 Å². The predicted molar refractivity (Wildman–Crippen MR) is 187 cm³/mol. The molecule has 244 valence electrons. The van der Waals surface area contributed by atoms with Gasteiger partial charge in [0.05, 0.1) is 25.8 Å². The van der Waals surface area contributed by atoms with Gasteiger partial charge in [0.15, 0.2) is 15.8 Å². The van der Waals surface area contributed by atoms with Crippen LogP contribution in [0, 0.1) is 6.92 Å². The molecule has 0 spiro atoms. The number of Topliss-reactive ketones (excluding diaryl/α,β-unsaturated/α-hetero) is 1. The fraction of sp³-hybridized carbons (Fsp3) is 0.167. The molecule has 4 aromatic carbocycles. The van der Waals surface area contributed by atoms with Crippen LogP contribution in [-0.2, 0) is 21.9 Å². The molecule has 5 aromatic rings. The number of rotatable bonds is 11. The zero-order valence-electron chi connectivity index (χ0n) is 26.2. The third kappa shape index (κ3) is 6.89. The number of aryl methyl sites for hydroxylation is 1. The van der Waals surface area contributed by atoms with Crippen molar-refractivity contribution in [2.45, 2.75) is 29.7 Å². The van der Waals surface area contributed by atoms with Gasteiger partial charge >= 0.3 is 5.91 Å². The highest BCUT2D eigenvalue weighted by atomic mass is 35.5. The summed E-state index contributed by atoms with van der Waals surface area (Å²) in [5.41, 5.74) is 3.98. The number of benzene rings is 4. The number of hydrogen-bond acceptors (Lipinski definition) is 10. The van der Waals surface area contributed by atoms with Crippen molar-refractivity contribution in [2.75, 3.05) is 19.1 Å². The van der Waals surface area contributed by atoms with Gasteiger partial charge in [-0.25, -0.2) is 0 Å². The molecule has 1 unspecified atom stereocenters. The van der Waals surface area contributed by atoms with E-state index in [9.17, 15) is 14.7 Å². The highest BCUT2D eigenvalue weighted by Gasteiger charge is 2.48. The van der Waals surface area contributed by atoms with Crippen molar-refractivity contribution >= 4 is 57.3 Å². The Balaban J connectivity index is 1.34. The van der Waals surface area contributed by atoms with Crippen LogP contribution in [0.4, 0.5) is 5.13 Å². The summed E-state index contributed by atoms with van der Waals surface area (Å²) in [6, 6.07) is 26.2. The van der Waals surface area contributed by atoms with Crippen molar-refractivity contribution < 1.29 is 28.9 Å². The largest absolute Gasteiger partial charge is 0.507 e. The van der Waals surface area contributed by atoms with Crippen molar-refractivity contribution in [1.82, 2.24) is 10.2 Å². The predicted octanol–water partition coefficient (Wildman–Crippen LogP) is 8.01. The molecule has 0 radical (unpaired) electrons. The van der Waals surface area contributed by atoms with Gasteiger partial charge in [-0.3, -0.25) is 14.5 Å². The Bertz CT molecular complexity index is 2000. The van der Waals surface area contributed by atoms with Crippen molar-refractivity contribution in [3.05, 3.63) is 129 Å². The van der Waals surface area contributed by atoms with E-state index in [0.717, 1.165) is 16.7 Å². The highest BCUT2D eigenvalue weighted by molar-refractivity contribution is 8.00. The number of anilines is 1. The number of hydrogen-bond donors (Lipinski definition) is 1. The molecule has 6 rings (SSSR count). The number of amides is 1. The SMILES string of the molecule is COc1ccc(C2C(=C(O)c3ccc(OCc4ccccc4C)cc3)C(=O)C(=O)N2c2nnc(SCc3ccc(Cl)cc3)s2)cc1OC. The lowest BCUT2D eigenvalue weighted by Gasteiger charge is -2.23. The zero-order valence-corrected chi connectivity index (χ0v) is 28.6. The van der Waals surface area contributed by atoms with Gasteiger partial charge in [0.2, 0.25) is 5.13 Å². The van der Waals surface area contributed by atoms with Crippen molar-refractivity contribution in [3.63, 3.8) is 0 Å². The standard InChI is InChI=1S/C36H30ClN3O6S2/c1-21-6-4-5-7-25(21)19-46-27-15-10-23(11-16-27)32(41)30-31(24-12-17-28(44-2)29(18-24)45-3)40(34(43)33(30)42)35-38-39-36(48-35)47-20-22-8-13-26(37)14-9-22/h4-18,31,41H,19-20H2,1-3H3. The van der Waals surface area contributed by atoms with Crippen LogP contribution < -0.4 is 19.1 Å². The molecule has 1 aliphatic heterocycles. The molecule has 2 heterocycles. The van der Waals surface area contributed by atoms with E-state index in [1.807, 2.05) is 55.5 Å². The minimum Gasteiger partial charge on any atom is -0.507 e. The number of aliphatic hydroxyl groups is 1. The molecule has 1 aromatic heterocycles. The number of aliphatic hydroxyl groups excluding tert-OH is 1. The van der Waals surface area contributed by atoms with E-state index in [1.165, 1.54) is 42.2 Å². The molecule has 0 bridgehead atoms. The second-order valence-corrected chi connectivity index (χ2v) is 13.4. The number of thioether (sulfide) groups is 1. The van der Waals surface area contributed by atoms with Crippen LogP contribution in [0.5, 0.6) is 17.2 Å². The third-order valence-electron chi connectivity index (χ3n) is 7.83. The highest BCUT2D eigenvalue weighted by Crippen LogP contribution is 2.45. The van der Waals surface area contributed by atoms with Gasteiger partial charge in [-0.2, -0.15) is 0 Å². The molecule has 1 amide bonds. The molecular weight excluding hydrogens is 670 g/mol. The average molecular weight is 700 g/mol. The molecular formula is C36H30ClN3O6S2. The molecule has 1 atom stereocenters. The molecule has 12 heteroatoms. The Kier molecular flexibility index (Phi) is 10.00. The summed E-state index contributed by atoms with van der Waals surface area (Å²) < 4.78 is 17.5. The molecule has 1 aliphatic rings. The van der Waals surface area contributed by atoms with Crippen LogP contribution in [0.15, 0.2) is 101 Å². The van der Waals surface area contributed by atoms with Gasteiger partial charge in [-0.15, -0.1) is 10.2 Å². The Labute approximate surface area is 290 Å². The zero-order chi connectivity index (χ0) is 33.8. The van der Waals surface area contributed by atoms with E-state index in [4.69, 9.17) is 25.8 Å². The summed E-state index contributed by atoms with van der Waals surface area (Å²) in [7, 11) is 3.01. The summed E-state index contributed by atoms with van der Waals surface area (Å²) >= 11 is 8.64. The number of ether oxygens (including phenoxy) is 3. The Morgan fingerprint density at radius 1 is 0.938 bits per heavy atom. The van der Waals surface area contributed by atoms with Crippen LogP contribution in [0.3, 0.4) is 0 Å². The first-order valence-corrected chi connectivity index (χ1v) is 17.0. The Morgan fingerprint density at radius 2 is 1.67 bits per heavy atom. The fourth-order valence-electron chi connectivity index (χ4n) is 5.25. The summed E-state index contributed by atoms with van der Waals surface area (Å²) in [4.78, 5) is 28.7. The van der Waals surface area contributed by atoms with Crippen molar-refractivity contribution in [3.8, 4) is 17.2 Å². The van der Waals surface area contributed by atoms with Crippen molar-refractivity contribution in [1.29, 1.82) is 0 Å². The number of halogens is 1. The van der Waals surface area contributed by atoms with E-state index in [2.05, 4.69) is 10.2 Å². The maximum atomic E-state index is 13.7. The van der Waals surface area contributed by atoms with E-state index < -0.39 is 17.7 Å². The van der Waals surface area contributed by atoms with Gasteiger partial charge in [-0.05, 0) is 77.7 Å². The fourth-order valence-corrected chi connectivity index (χ4v) is 7.20. The van der Waals surface area contributed by atoms with Gasteiger partial charge < -0.3 is 19.3 Å². The maximum Gasteiger partial charge on any atom is 0.301 e. The summed E-state index contributed by atoms with van der Waals surface area (Å²) in [6.45, 7) is 2.40. The second-order valence-electron chi connectivity index (χ2n) is 10.8. The summed E-state index contributed by atoms with van der Waals surface area (Å²) in [6.07, 6.45) is 0. The summed E-state index contributed by atoms with van der Waals surface area (Å²) in [5.74, 6) is 0.0438. The van der Waals surface area contributed by atoms with Crippen molar-refractivity contribution in [2.24, 2.45) is 0 Å². The molecule has 0 aliphatic carbocycles. The average Bonchev–Trinajstić information content (AvgIpc) is 3.68. The number of nitrogens with zero attached hydrogens (tertiary/aromatic N) is 3. The van der Waals surface area contributed by atoms with Gasteiger partial charge in [0, 0.05) is 16.3 Å². The molecule has 1 fully saturated rings. The number of carbonyl (C=O) groups is 2. The second kappa shape index (κ2) is 14.5. The van der Waals surface area contributed by atoms with E-state index in [0.29, 0.717) is 50.1 Å². The molecule has 1 saturated heterocycles. The smallest absolute Gasteiger partial charge is 0.301 e. The first-order chi connectivity index (χ1) is 23.3. The molecule has 0 saturated carbocycles. The first kappa shape index (κ1) is 33.1. The van der Waals surface area contributed by atoms with Gasteiger partial charge in [0.1, 0.15) is 18.1 Å². The Hall–Kier alpha value is -4.84. The van der Waals surface area contributed by atoms with E-state index in [1.54, 1.807) is 42.5 Å². The number of carbonyl (C=O) groups excluding carboxylic acids is 2. The lowest BCUT2D eigenvalue weighted by molar-refractivity contribution is -0.132. The Morgan fingerprint density at radius 3 is 2.38 bits per heavy atom. The van der Waals surface area contributed by atoms with E-state index in [-0.39, 0.29) is 16.5 Å². The van der Waals surface area contributed by atoms with Crippen LogP contribution in [0.25, 0.3) is 5.76 Å². The normalized spacial score (nSPS) is 15.5. The van der Waals surface area contributed by atoms with Crippen LogP contribution in [0.2, 0.25) is 5.02 Å². The molecule has 9 nitrogen and oxygen atoms in total. The lowest BCUT2D eigenvalue weighted by Crippen LogP contribution is -2.29. The minimum atomic E-state index is -1.02. The number of ketones is 1. The van der Waals surface area contributed by atoms with Crippen LogP contribution >= 0.6 is 34.7 Å². The number of aromatic nitrogens is 2. The monoisotopic (exact) mass is 699 g/mol. The first-order valence-electron chi connectivity index (χ1n) is 14.8. The van der Waals surface area contributed by atoms with E-state index >= 15 is 0 Å². The summed E-state index contributed by atoms with van der Waals surface area (Å²) in [5, 5.41) is 21.1. The minimum absolute atomic E-state index is 0.0913. The van der Waals surface area contributed by atoms with Gasteiger partial charge in [0.25, 0.3) is 5.78 Å². The third-order valence-corrected chi connectivity index (χ3v) is 10.2. The molecule has 48 heavy (non-hydrogen) atoms.